The first-order valence-corrected chi connectivity index (χ1v) is 7.56. The Morgan fingerprint density at radius 3 is 2.20 bits per heavy atom. The molecule has 0 fully saturated rings. The van der Waals surface area contributed by atoms with Crippen LogP contribution in [0.4, 0.5) is 5.69 Å². The van der Waals surface area contributed by atoms with E-state index in [2.05, 4.69) is 43.0 Å². The van der Waals surface area contributed by atoms with Gasteiger partial charge in [-0.3, -0.25) is 0 Å². The maximum absolute atomic E-state index is 9.60. The van der Waals surface area contributed by atoms with Crippen LogP contribution in [0.3, 0.4) is 0 Å². The molecule has 0 amide bonds. The summed E-state index contributed by atoms with van der Waals surface area (Å²) in [6.45, 7) is 6.27. The van der Waals surface area contributed by atoms with Crippen LogP contribution in [-0.2, 0) is 0 Å². The van der Waals surface area contributed by atoms with Crippen molar-refractivity contribution in [2.45, 2.75) is 13.8 Å². The van der Waals surface area contributed by atoms with Crippen LogP contribution in [0.2, 0.25) is 0 Å². The van der Waals surface area contributed by atoms with Crippen LogP contribution in [0.25, 0.3) is 12.2 Å². The van der Waals surface area contributed by atoms with E-state index < -0.39 is 0 Å². The lowest BCUT2D eigenvalue weighted by Gasteiger charge is -2.20. The second kappa shape index (κ2) is 6.48. The van der Waals surface area contributed by atoms with Crippen molar-refractivity contribution in [1.82, 2.24) is 0 Å². The normalized spacial score (nSPS) is 11.1. The quantitative estimate of drug-likeness (QED) is 0.868. The molecule has 0 bridgehead atoms. The second-order valence-electron chi connectivity index (χ2n) is 4.43. The van der Waals surface area contributed by atoms with Gasteiger partial charge in [0.2, 0.25) is 0 Å². The number of thiophene rings is 1. The predicted molar refractivity (Wildman–Crippen MR) is 86.6 cm³/mol. The van der Waals surface area contributed by atoms with Crippen molar-refractivity contribution >= 4 is 29.2 Å². The van der Waals surface area contributed by atoms with E-state index in [1.807, 2.05) is 12.2 Å². The Kier molecular flexibility index (Phi) is 4.69. The van der Waals surface area contributed by atoms with Crippen molar-refractivity contribution in [1.29, 1.82) is 0 Å². The van der Waals surface area contributed by atoms with E-state index in [-0.39, 0.29) is 11.5 Å². The summed E-state index contributed by atoms with van der Waals surface area (Å²) in [4.78, 5) is 2.95. The lowest BCUT2D eigenvalue weighted by molar-refractivity contribution is 0.407. The average molecular weight is 289 g/mol. The van der Waals surface area contributed by atoms with Gasteiger partial charge in [0.1, 0.15) is 0 Å². The fraction of sp³-hybridized carbons (Fsp3) is 0.250. The first kappa shape index (κ1) is 14.5. The third-order valence-corrected chi connectivity index (χ3v) is 4.15. The predicted octanol–water partition coefficient (Wildman–Crippen LogP) is 4.18. The number of nitrogens with zero attached hydrogens (tertiary/aromatic N) is 1. The largest absolute Gasteiger partial charge is 0.504 e. The van der Waals surface area contributed by atoms with Crippen molar-refractivity contribution in [2.75, 3.05) is 18.0 Å². The molecule has 1 aromatic carbocycles. The molecule has 4 heteroatoms. The Balaban J connectivity index is 2.13. The Morgan fingerprint density at radius 1 is 1.05 bits per heavy atom. The number of benzene rings is 1. The molecule has 20 heavy (non-hydrogen) atoms. The molecule has 2 rings (SSSR count). The molecule has 0 aliphatic heterocycles. The summed E-state index contributed by atoms with van der Waals surface area (Å²) < 4.78 is 0. The van der Waals surface area contributed by atoms with Gasteiger partial charge in [0.25, 0.3) is 0 Å². The summed E-state index contributed by atoms with van der Waals surface area (Å²) in [6, 6.07) is 8.29. The van der Waals surface area contributed by atoms with Crippen molar-refractivity contribution in [2.24, 2.45) is 0 Å². The molecule has 0 radical (unpaired) electrons. The molecule has 3 nitrogen and oxygen atoms in total. The SMILES string of the molecule is CCN(CC)c1ccc(/C=C/c2scc(O)c2O)cc1. The van der Waals surface area contributed by atoms with Crippen LogP contribution in [-0.4, -0.2) is 23.3 Å². The van der Waals surface area contributed by atoms with Gasteiger partial charge < -0.3 is 15.1 Å². The molecule has 2 N–H and O–H groups in total. The molecule has 0 saturated heterocycles. The molecule has 2 aromatic rings. The topological polar surface area (TPSA) is 43.7 Å². The first-order chi connectivity index (χ1) is 9.65. The monoisotopic (exact) mass is 289 g/mol. The van der Waals surface area contributed by atoms with E-state index in [1.54, 1.807) is 0 Å². The smallest absolute Gasteiger partial charge is 0.175 e. The third kappa shape index (κ3) is 3.14. The van der Waals surface area contributed by atoms with E-state index in [4.69, 9.17) is 0 Å². The molecule has 106 valence electrons. The van der Waals surface area contributed by atoms with Crippen molar-refractivity contribution in [3.63, 3.8) is 0 Å². The highest BCUT2D eigenvalue weighted by molar-refractivity contribution is 7.11. The van der Waals surface area contributed by atoms with Crippen LogP contribution in [0.1, 0.15) is 24.3 Å². The molecule has 0 unspecified atom stereocenters. The number of hydrogen-bond donors (Lipinski definition) is 2. The van der Waals surface area contributed by atoms with Gasteiger partial charge >= 0.3 is 0 Å². The third-order valence-electron chi connectivity index (χ3n) is 3.22. The zero-order valence-corrected chi connectivity index (χ0v) is 12.5. The van der Waals surface area contributed by atoms with E-state index >= 15 is 0 Å². The molecule has 1 aromatic heterocycles. The summed E-state index contributed by atoms with van der Waals surface area (Å²) in [5.41, 5.74) is 2.27. The minimum atomic E-state index is -0.0634. The summed E-state index contributed by atoms with van der Waals surface area (Å²) in [5, 5.41) is 20.4. The van der Waals surface area contributed by atoms with E-state index in [1.165, 1.54) is 22.4 Å². The van der Waals surface area contributed by atoms with E-state index in [0.717, 1.165) is 18.7 Å². The maximum Gasteiger partial charge on any atom is 0.175 e. The van der Waals surface area contributed by atoms with Gasteiger partial charge in [-0.1, -0.05) is 18.2 Å². The standard InChI is InChI=1S/C16H19NO2S/c1-3-17(4-2)13-8-5-12(6-9-13)7-10-15-16(19)14(18)11-20-15/h5-11,18-19H,3-4H2,1-2H3/b10-7+. The van der Waals surface area contributed by atoms with Gasteiger partial charge in [0.15, 0.2) is 11.5 Å². The molecular formula is C16H19NO2S. The highest BCUT2D eigenvalue weighted by Crippen LogP contribution is 2.36. The van der Waals surface area contributed by atoms with Gasteiger partial charge in [0.05, 0.1) is 4.88 Å². The summed E-state index contributed by atoms with van der Waals surface area (Å²) >= 11 is 1.32. The molecule has 0 spiro atoms. The second-order valence-corrected chi connectivity index (χ2v) is 5.34. The Bertz CT molecular complexity index is 583. The summed E-state index contributed by atoms with van der Waals surface area (Å²) in [6.07, 6.45) is 3.74. The lowest BCUT2D eigenvalue weighted by atomic mass is 10.1. The van der Waals surface area contributed by atoms with Crippen molar-refractivity contribution in [3.8, 4) is 11.5 Å². The van der Waals surface area contributed by atoms with E-state index in [0.29, 0.717) is 4.88 Å². The van der Waals surface area contributed by atoms with Gasteiger partial charge in [-0.2, -0.15) is 0 Å². The Hall–Kier alpha value is -1.94. The van der Waals surface area contributed by atoms with Crippen molar-refractivity contribution < 1.29 is 10.2 Å². The lowest BCUT2D eigenvalue weighted by Crippen LogP contribution is -2.21. The fourth-order valence-electron chi connectivity index (χ4n) is 2.03. The number of anilines is 1. The van der Waals surface area contributed by atoms with Crippen LogP contribution in [0.15, 0.2) is 29.6 Å². The molecular weight excluding hydrogens is 270 g/mol. The van der Waals surface area contributed by atoms with Gasteiger partial charge in [0, 0.05) is 24.2 Å². The fourth-order valence-corrected chi connectivity index (χ4v) is 2.75. The molecule has 0 atom stereocenters. The summed E-state index contributed by atoms with van der Waals surface area (Å²) in [5.74, 6) is -0.113. The van der Waals surface area contributed by atoms with Gasteiger partial charge in [-0.05, 0) is 37.6 Å². The molecule has 0 aliphatic carbocycles. The zero-order valence-electron chi connectivity index (χ0n) is 11.7. The average Bonchev–Trinajstić information content (AvgIpc) is 2.79. The first-order valence-electron chi connectivity index (χ1n) is 6.68. The number of aromatic hydroxyl groups is 2. The van der Waals surface area contributed by atoms with E-state index in [9.17, 15) is 10.2 Å². The zero-order chi connectivity index (χ0) is 14.5. The van der Waals surface area contributed by atoms with Gasteiger partial charge in [-0.15, -0.1) is 11.3 Å². The minimum absolute atomic E-state index is 0.0500. The molecule has 0 saturated carbocycles. The highest BCUT2D eigenvalue weighted by Gasteiger charge is 2.06. The van der Waals surface area contributed by atoms with Crippen LogP contribution >= 0.6 is 11.3 Å². The molecule has 1 heterocycles. The van der Waals surface area contributed by atoms with Crippen LogP contribution in [0, 0.1) is 0 Å². The van der Waals surface area contributed by atoms with Gasteiger partial charge in [-0.25, -0.2) is 0 Å². The number of hydrogen-bond acceptors (Lipinski definition) is 4. The minimum Gasteiger partial charge on any atom is -0.504 e. The maximum atomic E-state index is 9.60. The Labute approximate surface area is 123 Å². The van der Waals surface area contributed by atoms with Crippen LogP contribution < -0.4 is 4.90 Å². The van der Waals surface area contributed by atoms with Crippen molar-refractivity contribution in [3.05, 3.63) is 40.1 Å². The van der Waals surface area contributed by atoms with Crippen LogP contribution in [0.5, 0.6) is 11.5 Å². The highest BCUT2D eigenvalue weighted by atomic mass is 32.1. The summed E-state index contributed by atoms with van der Waals surface area (Å²) in [7, 11) is 0. The molecule has 0 aliphatic rings. The Morgan fingerprint density at radius 2 is 1.70 bits per heavy atom. The number of rotatable bonds is 5.